The summed E-state index contributed by atoms with van der Waals surface area (Å²) >= 11 is 0. The van der Waals surface area contributed by atoms with Gasteiger partial charge in [-0.05, 0) is 31.6 Å². The van der Waals surface area contributed by atoms with Gasteiger partial charge in [-0.3, -0.25) is 4.79 Å². The summed E-state index contributed by atoms with van der Waals surface area (Å²) in [6, 6.07) is 1.49. The van der Waals surface area contributed by atoms with Gasteiger partial charge < -0.3 is 15.7 Å². The summed E-state index contributed by atoms with van der Waals surface area (Å²) < 4.78 is 0. The molecule has 3 N–H and O–H groups in total. The van der Waals surface area contributed by atoms with Crippen molar-refractivity contribution >= 4 is 5.91 Å². The van der Waals surface area contributed by atoms with Gasteiger partial charge >= 0.3 is 0 Å². The maximum Gasteiger partial charge on any atom is 0.241 e. The number of hydrogen-bond acceptors (Lipinski definition) is 4. The molecule has 1 heterocycles. The number of hydrogen-bond donors (Lipinski definition) is 2. The lowest BCUT2D eigenvalue weighted by atomic mass is 9.79. The number of aliphatic hydroxyl groups excluding tert-OH is 1. The second-order valence-electron chi connectivity index (χ2n) is 6.39. The van der Waals surface area contributed by atoms with Crippen LogP contribution in [-0.4, -0.2) is 40.6 Å². The van der Waals surface area contributed by atoms with Gasteiger partial charge in [0.15, 0.2) is 0 Å². The van der Waals surface area contributed by atoms with Crippen LogP contribution in [0, 0.1) is 22.7 Å². The van der Waals surface area contributed by atoms with E-state index in [1.807, 2.05) is 0 Å². The lowest BCUT2D eigenvalue weighted by Crippen LogP contribution is -2.55. The van der Waals surface area contributed by atoms with Crippen molar-refractivity contribution in [2.45, 2.75) is 56.7 Å². The second kappa shape index (κ2) is 4.46. The van der Waals surface area contributed by atoms with E-state index in [1.165, 1.54) is 0 Å². The van der Waals surface area contributed by atoms with Crippen molar-refractivity contribution in [3.05, 3.63) is 0 Å². The second-order valence-corrected chi connectivity index (χ2v) is 6.39. The Morgan fingerprint density at radius 2 is 2.16 bits per heavy atom. The van der Waals surface area contributed by atoms with Crippen LogP contribution in [0.2, 0.25) is 0 Å². The van der Waals surface area contributed by atoms with Crippen LogP contribution in [0.15, 0.2) is 0 Å². The van der Waals surface area contributed by atoms with Gasteiger partial charge in [0.05, 0.1) is 18.7 Å². The van der Waals surface area contributed by atoms with Gasteiger partial charge in [-0.15, -0.1) is 0 Å². The molecule has 3 fully saturated rings. The third-order valence-corrected chi connectivity index (χ3v) is 5.35. The van der Waals surface area contributed by atoms with E-state index < -0.39 is 11.5 Å². The average molecular weight is 263 g/mol. The van der Waals surface area contributed by atoms with Gasteiger partial charge in [-0.25, -0.2) is 0 Å². The van der Waals surface area contributed by atoms with E-state index in [9.17, 15) is 9.90 Å². The fourth-order valence-electron chi connectivity index (χ4n) is 3.96. The maximum absolute atomic E-state index is 12.6. The number of carbonyl (C=O) groups excluding carboxylic acids is 1. The summed E-state index contributed by atoms with van der Waals surface area (Å²) in [5.74, 6) is 0.391. The first-order chi connectivity index (χ1) is 9.13. The summed E-state index contributed by atoms with van der Waals surface area (Å²) in [6.07, 6.45) is 5.49. The van der Waals surface area contributed by atoms with E-state index in [-0.39, 0.29) is 24.6 Å². The Labute approximate surface area is 113 Å². The molecule has 104 valence electrons. The molecule has 3 aliphatic rings. The highest BCUT2D eigenvalue weighted by Crippen LogP contribution is 2.49. The standard InChI is InChI=1S/C14H21N3O2/c15-7-10-5-9-6-11(9)17(10)13(19)12(16)14(8-18)3-1-2-4-14/h9-12,18H,1-6,8,16H2/t9-,10+,11?,12-/m1/s1. The first-order valence-corrected chi connectivity index (χ1v) is 7.21. The minimum atomic E-state index is -0.657. The number of piperidine rings is 1. The third kappa shape index (κ3) is 1.86. The predicted molar refractivity (Wildman–Crippen MR) is 68.7 cm³/mol. The number of aliphatic hydroxyl groups is 1. The van der Waals surface area contributed by atoms with Gasteiger partial charge in [0.2, 0.25) is 5.91 Å². The Hall–Kier alpha value is -1.12. The number of nitrogens with two attached hydrogens (primary N) is 1. The molecule has 4 atom stereocenters. The Morgan fingerprint density at radius 1 is 1.47 bits per heavy atom. The molecule has 1 saturated heterocycles. The van der Waals surface area contributed by atoms with Crippen molar-refractivity contribution in [3.63, 3.8) is 0 Å². The zero-order chi connectivity index (χ0) is 13.6. The van der Waals surface area contributed by atoms with Gasteiger partial charge in [0.1, 0.15) is 6.04 Å². The quantitative estimate of drug-likeness (QED) is 0.770. The van der Waals surface area contributed by atoms with E-state index >= 15 is 0 Å². The fourth-order valence-corrected chi connectivity index (χ4v) is 3.96. The third-order valence-electron chi connectivity index (χ3n) is 5.35. The Morgan fingerprint density at radius 3 is 2.74 bits per heavy atom. The van der Waals surface area contributed by atoms with Crippen molar-refractivity contribution in [2.75, 3.05) is 6.61 Å². The van der Waals surface area contributed by atoms with Gasteiger partial charge in [-0.1, -0.05) is 12.8 Å². The van der Waals surface area contributed by atoms with Crippen molar-refractivity contribution in [1.82, 2.24) is 4.90 Å². The number of fused-ring (bicyclic) bond motifs is 1. The molecule has 0 aromatic heterocycles. The van der Waals surface area contributed by atoms with Crippen LogP contribution < -0.4 is 5.73 Å². The molecule has 1 unspecified atom stereocenters. The molecule has 2 saturated carbocycles. The molecular weight excluding hydrogens is 242 g/mol. The smallest absolute Gasteiger partial charge is 0.241 e. The molecule has 0 aromatic carbocycles. The van der Waals surface area contributed by atoms with E-state index in [0.717, 1.165) is 38.5 Å². The van der Waals surface area contributed by atoms with Gasteiger partial charge in [0.25, 0.3) is 0 Å². The molecule has 3 rings (SSSR count). The van der Waals surface area contributed by atoms with Gasteiger partial charge in [0, 0.05) is 11.5 Å². The lowest BCUT2D eigenvalue weighted by molar-refractivity contribution is -0.137. The molecule has 5 nitrogen and oxygen atoms in total. The van der Waals surface area contributed by atoms with Crippen LogP contribution in [0.1, 0.15) is 38.5 Å². The van der Waals surface area contributed by atoms with E-state index in [0.29, 0.717) is 5.92 Å². The molecule has 0 aromatic rings. The topological polar surface area (TPSA) is 90.4 Å². The summed E-state index contributed by atoms with van der Waals surface area (Å²) in [5, 5.41) is 18.8. The average Bonchev–Trinajstić information content (AvgIpc) is 2.91. The number of nitriles is 1. The molecule has 1 amide bonds. The number of rotatable bonds is 3. The molecular formula is C14H21N3O2. The Kier molecular flexibility index (Phi) is 3.03. The molecule has 0 bridgehead atoms. The number of amides is 1. The molecule has 1 aliphatic heterocycles. The fraction of sp³-hybridized carbons (Fsp3) is 0.857. The van der Waals surface area contributed by atoms with E-state index in [1.54, 1.807) is 4.90 Å². The molecule has 0 radical (unpaired) electrons. The van der Waals surface area contributed by atoms with Crippen molar-refractivity contribution in [3.8, 4) is 6.07 Å². The van der Waals surface area contributed by atoms with Crippen LogP contribution in [0.4, 0.5) is 0 Å². The first kappa shape index (κ1) is 12.9. The molecule has 5 heteroatoms. The van der Waals surface area contributed by atoms with Crippen molar-refractivity contribution in [2.24, 2.45) is 17.1 Å². The highest BCUT2D eigenvalue weighted by Gasteiger charge is 2.56. The maximum atomic E-state index is 12.6. The predicted octanol–water partition coefficient (Wildman–Crippen LogP) is 0.379. The monoisotopic (exact) mass is 263 g/mol. The number of nitrogens with zero attached hydrogens (tertiary/aromatic N) is 2. The Bertz CT molecular complexity index is 425. The molecule has 19 heavy (non-hydrogen) atoms. The highest BCUT2D eigenvalue weighted by molar-refractivity contribution is 5.84. The zero-order valence-electron chi connectivity index (χ0n) is 11.1. The minimum Gasteiger partial charge on any atom is -0.396 e. The van der Waals surface area contributed by atoms with Crippen LogP contribution in [0.5, 0.6) is 0 Å². The van der Waals surface area contributed by atoms with Crippen molar-refractivity contribution in [1.29, 1.82) is 5.26 Å². The summed E-state index contributed by atoms with van der Waals surface area (Å²) in [4.78, 5) is 14.4. The lowest BCUT2D eigenvalue weighted by Gasteiger charge is -2.36. The summed E-state index contributed by atoms with van der Waals surface area (Å²) in [6.45, 7) is -0.0287. The van der Waals surface area contributed by atoms with Crippen LogP contribution in [-0.2, 0) is 4.79 Å². The minimum absolute atomic E-state index is 0.0287. The van der Waals surface area contributed by atoms with Crippen LogP contribution >= 0.6 is 0 Å². The number of likely N-dealkylation sites (tertiary alicyclic amines) is 1. The molecule has 0 spiro atoms. The zero-order valence-corrected chi connectivity index (χ0v) is 11.1. The highest BCUT2D eigenvalue weighted by atomic mass is 16.3. The SMILES string of the molecule is N#C[C@@H]1C[C@@H]2CC2N1C(=O)[C@@H](N)C1(CO)CCCC1. The largest absolute Gasteiger partial charge is 0.396 e. The van der Waals surface area contributed by atoms with Crippen LogP contribution in [0.25, 0.3) is 0 Å². The van der Waals surface area contributed by atoms with Crippen molar-refractivity contribution < 1.29 is 9.90 Å². The Balaban J connectivity index is 1.78. The normalized spacial score (nSPS) is 36.7. The van der Waals surface area contributed by atoms with Gasteiger partial charge in [-0.2, -0.15) is 5.26 Å². The van der Waals surface area contributed by atoms with E-state index in [4.69, 9.17) is 11.0 Å². The van der Waals surface area contributed by atoms with E-state index in [2.05, 4.69) is 6.07 Å². The van der Waals surface area contributed by atoms with Crippen LogP contribution in [0.3, 0.4) is 0 Å². The first-order valence-electron chi connectivity index (χ1n) is 7.21. The summed E-state index contributed by atoms with van der Waals surface area (Å²) in [7, 11) is 0. The summed E-state index contributed by atoms with van der Waals surface area (Å²) in [5.41, 5.74) is 5.73. The number of carbonyl (C=O) groups is 1. The molecule has 2 aliphatic carbocycles.